The fourth-order valence-corrected chi connectivity index (χ4v) is 3.05. The third kappa shape index (κ3) is 7.80. The summed E-state index contributed by atoms with van der Waals surface area (Å²) in [7, 11) is 0. The van der Waals surface area contributed by atoms with E-state index in [0.717, 1.165) is 5.56 Å². The van der Waals surface area contributed by atoms with Gasteiger partial charge in [-0.2, -0.15) is 0 Å². The summed E-state index contributed by atoms with van der Waals surface area (Å²) in [6.45, 7) is 5.33. The molecule has 2 rings (SSSR count). The molecule has 0 N–H and O–H groups in total. The number of carbonyl (C=O) groups excluding carboxylic acids is 2. The summed E-state index contributed by atoms with van der Waals surface area (Å²) >= 11 is 5.99. The SMILES string of the molecule is CCOCCCN(CC(=O)N(Cc1ccc(F)cc1)Cc1ccco1)C(=O)C(C)Cl. The molecule has 1 aromatic heterocycles. The Morgan fingerprint density at radius 1 is 1.17 bits per heavy atom. The summed E-state index contributed by atoms with van der Waals surface area (Å²) < 4.78 is 23.9. The number of rotatable bonds is 12. The summed E-state index contributed by atoms with van der Waals surface area (Å²) in [6, 6.07) is 9.48. The van der Waals surface area contributed by atoms with Crippen molar-refractivity contribution >= 4 is 23.4 Å². The van der Waals surface area contributed by atoms with Crippen LogP contribution in [0.3, 0.4) is 0 Å². The van der Waals surface area contributed by atoms with Crippen molar-refractivity contribution < 1.29 is 23.1 Å². The molecule has 164 valence electrons. The Hall–Kier alpha value is -2.38. The molecule has 1 unspecified atom stereocenters. The fraction of sp³-hybridized carbons (Fsp3) is 0.455. The van der Waals surface area contributed by atoms with Crippen LogP contribution in [-0.2, 0) is 27.4 Å². The third-order valence-corrected chi connectivity index (χ3v) is 4.65. The van der Waals surface area contributed by atoms with Gasteiger partial charge in [0.15, 0.2) is 0 Å². The summed E-state index contributed by atoms with van der Waals surface area (Å²) in [4.78, 5) is 28.6. The molecule has 0 radical (unpaired) electrons. The Kier molecular flexibility index (Phi) is 9.83. The van der Waals surface area contributed by atoms with Crippen molar-refractivity contribution in [3.05, 3.63) is 59.8 Å². The number of benzene rings is 1. The van der Waals surface area contributed by atoms with Gasteiger partial charge in [-0.3, -0.25) is 9.59 Å². The van der Waals surface area contributed by atoms with Crippen LogP contribution in [-0.4, -0.2) is 53.3 Å². The van der Waals surface area contributed by atoms with Gasteiger partial charge in [0.05, 0.1) is 19.4 Å². The van der Waals surface area contributed by atoms with Crippen LogP contribution in [0.1, 0.15) is 31.6 Å². The zero-order valence-corrected chi connectivity index (χ0v) is 18.1. The largest absolute Gasteiger partial charge is 0.467 e. The molecule has 1 atom stereocenters. The van der Waals surface area contributed by atoms with Crippen molar-refractivity contribution in [1.82, 2.24) is 9.80 Å². The van der Waals surface area contributed by atoms with Gasteiger partial charge in [0, 0.05) is 26.3 Å². The van der Waals surface area contributed by atoms with E-state index in [0.29, 0.717) is 31.9 Å². The molecule has 30 heavy (non-hydrogen) atoms. The van der Waals surface area contributed by atoms with Crippen LogP contribution < -0.4 is 0 Å². The maximum atomic E-state index is 13.2. The van der Waals surface area contributed by atoms with Crippen molar-refractivity contribution in [3.8, 4) is 0 Å². The van der Waals surface area contributed by atoms with E-state index < -0.39 is 5.38 Å². The molecule has 0 aliphatic rings. The molecular weight excluding hydrogens is 411 g/mol. The molecule has 0 aliphatic heterocycles. The highest BCUT2D eigenvalue weighted by Gasteiger charge is 2.24. The number of nitrogens with zero attached hydrogens (tertiary/aromatic N) is 2. The van der Waals surface area contributed by atoms with Crippen LogP contribution in [0, 0.1) is 5.82 Å². The molecular formula is C22H28ClFN2O4. The van der Waals surface area contributed by atoms with Crippen LogP contribution in [0.5, 0.6) is 0 Å². The Balaban J connectivity index is 2.11. The number of alkyl halides is 1. The smallest absolute Gasteiger partial charge is 0.242 e. The quantitative estimate of drug-likeness (QED) is 0.373. The number of amides is 2. The minimum absolute atomic E-state index is 0.107. The van der Waals surface area contributed by atoms with Crippen molar-refractivity contribution in [2.24, 2.45) is 0 Å². The predicted molar refractivity (Wildman–Crippen MR) is 112 cm³/mol. The van der Waals surface area contributed by atoms with E-state index in [4.69, 9.17) is 20.8 Å². The van der Waals surface area contributed by atoms with Crippen molar-refractivity contribution in [2.75, 3.05) is 26.3 Å². The standard InChI is InChI=1S/C22H28ClFN2O4/c1-3-29-12-5-11-25(22(28)17(2)23)16-21(27)26(15-20-6-4-13-30-20)14-18-7-9-19(24)10-8-18/h4,6-10,13,17H,3,5,11-12,14-16H2,1-2H3. The van der Waals surface area contributed by atoms with Gasteiger partial charge in [-0.25, -0.2) is 4.39 Å². The maximum Gasteiger partial charge on any atom is 0.242 e. The molecule has 2 aromatic rings. The van der Waals surface area contributed by atoms with E-state index in [9.17, 15) is 14.0 Å². The molecule has 0 saturated heterocycles. The number of furan rings is 1. The van der Waals surface area contributed by atoms with Crippen LogP contribution in [0.15, 0.2) is 47.1 Å². The second kappa shape index (κ2) is 12.3. The van der Waals surface area contributed by atoms with E-state index in [1.807, 2.05) is 6.92 Å². The second-order valence-corrected chi connectivity index (χ2v) is 7.54. The van der Waals surface area contributed by atoms with E-state index in [-0.39, 0.29) is 37.3 Å². The van der Waals surface area contributed by atoms with Crippen LogP contribution in [0.2, 0.25) is 0 Å². The summed E-state index contributed by atoms with van der Waals surface area (Å²) in [5.74, 6) is -0.283. The number of halogens is 2. The van der Waals surface area contributed by atoms with Crippen molar-refractivity contribution in [1.29, 1.82) is 0 Å². The Labute approximate surface area is 181 Å². The molecule has 8 heteroatoms. The summed E-state index contributed by atoms with van der Waals surface area (Å²) in [6.07, 6.45) is 2.14. The van der Waals surface area contributed by atoms with Gasteiger partial charge >= 0.3 is 0 Å². The highest BCUT2D eigenvalue weighted by molar-refractivity contribution is 6.30. The second-order valence-electron chi connectivity index (χ2n) is 6.88. The summed E-state index contributed by atoms with van der Waals surface area (Å²) in [5, 5.41) is -0.736. The van der Waals surface area contributed by atoms with Gasteiger partial charge in [0.25, 0.3) is 0 Å². The average molecular weight is 439 g/mol. The Bertz CT molecular complexity index is 781. The lowest BCUT2D eigenvalue weighted by Gasteiger charge is -2.28. The van der Waals surface area contributed by atoms with Crippen molar-refractivity contribution in [2.45, 2.75) is 38.7 Å². The average Bonchev–Trinajstić information content (AvgIpc) is 3.23. The van der Waals surface area contributed by atoms with E-state index in [2.05, 4.69) is 0 Å². The van der Waals surface area contributed by atoms with Gasteiger partial charge in [-0.15, -0.1) is 11.6 Å². The van der Waals surface area contributed by atoms with Crippen LogP contribution in [0.4, 0.5) is 4.39 Å². The van der Waals surface area contributed by atoms with Gasteiger partial charge in [-0.05, 0) is 50.1 Å². The minimum Gasteiger partial charge on any atom is -0.467 e. The van der Waals surface area contributed by atoms with Crippen molar-refractivity contribution in [3.63, 3.8) is 0 Å². The molecule has 2 amide bonds. The zero-order valence-electron chi connectivity index (χ0n) is 17.4. The van der Waals surface area contributed by atoms with Gasteiger partial charge in [-0.1, -0.05) is 12.1 Å². The topological polar surface area (TPSA) is 63.0 Å². The first-order valence-electron chi connectivity index (χ1n) is 9.96. The number of hydrogen-bond donors (Lipinski definition) is 0. The molecule has 0 spiro atoms. The third-order valence-electron chi connectivity index (χ3n) is 4.47. The zero-order chi connectivity index (χ0) is 21.9. The molecule has 1 aromatic carbocycles. The molecule has 0 fully saturated rings. The van der Waals surface area contributed by atoms with Gasteiger partial charge < -0.3 is 19.0 Å². The predicted octanol–water partition coefficient (Wildman–Crippen LogP) is 3.83. The molecule has 0 aliphatic carbocycles. The highest BCUT2D eigenvalue weighted by atomic mass is 35.5. The van der Waals surface area contributed by atoms with Gasteiger partial charge in [0.2, 0.25) is 11.8 Å². The van der Waals surface area contributed by atoms with E-state index in [1.54, 1.807) is 36.1 Å². The minimum atomic E-state index is -0.736. The number of carbonyl (C=O) groups is 2. The fourth-order valence-electron chi connectivity index (χ4n) is 2.92. The lowest BCUT2D eigenvalue weighted by molar-refractivity contribution is -0.141. The first kappa shape index (κ1) is 23.9. The highest BCUT2D eigenvalue weighted by Crippen LogP contribution is 2.13. The van der Waals surface area contributed by atoms with Crippen LogP contribution >= 0.6 is 11.6 Å². The number of hydrogen-bond acceptors (Lipinski definition) is 4. The van der Waals surface area contributed by atoms with Crippen LogP contribution in [0.25, 0.3) is 0 Å². The lowest BCUT2D eigenvalue weighted by Crippen LogP contribution is -2.45. The van der Waals surface area contributed by atoms with E-state index in [1.165, 1.54) is 23.3 Å². The Morgan fingerprint density at radius 2 is 1.90 bits per heavy atom. The normalized spacial score (nSPS) is 11.9. The molecule has 1 heterocycles. The Morgan fingerprint density at radius 3 is 2.50 bits per heavy atom. The van der Waals surface area contributed by atoms with E-state index >= 15 is 0 Å². The summed E-state index contributed by atoms with van der Waals surface area (Å²) in [5.41, 5.74) is 0.774. The van der Waals surface area contributed by atoms with Gasteiger partial charge in [0.1, 0.15) is 17.0 Å². The molecule has 0 saturated carbocycles. The molecule has 6 nitrogen and oxygen atoms in total. The number of ether oxygens (including phenoxy) is 1. The monoisotopic (exact) mass is 438 g/mol. The first-order chi connectivity index (χ1) is 14.4. The maximum absolute atomic E-state index is 13.2. The molecule has 0 bridgehead atoms. The lowest BCUT2D eigenvalue weighted by atomic mass is 10.2. The first-order valence-corrected chi connectivity index (χ1v) is 10.4.